The van der Waals surface area contributed by atoms with Crippen LogP contribution in [0, 0.1) is 11.2 Å². The highest BCUT2D eigenvalue weighted by Gasteiger charge is 2.66. The number of anilines is 1. The van der Waals surface area contributed by atoms with Crippen molar-refractivity contribution in [1.82, 2.24) is 10.6 Å². The van der Waals surface area contributed by atoms with Gasteiger partial charge in [0.05, 0.1) is 11.1 Å². The minimum atomic E-state index is -1.23. The fourth-order valence-corrected chi connectivity index (χ4v) is 5.66. The summed E-state index contributed by atoms with van der Waals surface area (Å²) in [7, 11) is 1.53. The highest BCUT2D eigenvalue weighted by molar-refractivity contribution is 6.31. The van der Waals surface area contributed by atoms with Crippen molar-refractivity contribution in [1.29, 1.82) is 0 Å². The molecule has 2 aliphatic heterocycles. The van der Waals surface area contributed by atoms with Gasteiger partial charge in [-0.3, -0.25) is 9.59 Å². The van der Waals surface area contributed by atoms with Crippen molar-refractivity contribution < 1.29 is 14.0 Å². The van der Waals surface area contributed by atoms with E-state index in [9.17, 15) is 9.59 Å². The molecule has 3 N–H and O–H groups in total. The lowest BCUT2D eigenvalue weighted by Crippen LogP contribution is -2.49. The lowest BCUT2D eigenvalue weighted by atomic mass is 9.62. The zero-order valence-electron chi connectivity index (χ0n) is 18.4. The monoisotopic (exact) mass is 477 g/mol. The van der Waals surface area contributed by atoms with Gasteiger partial charge in [-0.1, -0.05) is 62.2 Å². The van der Waals surface area contributed by atoms with Crippen molar-refractivity contribution in [2.45, 2.75) is 50.6 Å². The molecule has 1 spiro atoms. The van der Waals surface area contributed by atoms with Gasteiger partial charge in [-0.2, -0.15) is 0 Å². The van der Waals surface area contributed by atoms with Crippen LogP contribution < -0.4 is 16.0 Å². The van der Waals surface area contributed by atoms with Crippen LogP contribution in [0.4, 0.5) is 10.1 Å². The first-order valence-corrected chi connectivity index (χ1v) is 11.3. The Morgan fingerprint density at radius 2 is 1.94 bits per heavy atom. The molecule has 4 rings (SSSR count). The largest absolute Gasteiger partial charge is 0.358 e. The van der Waals surface area contributed by atoms with Crippen LogP contribution in [0.2, 0.25) is 10.0 Å². The Balaban J connectivity index is 2.04. The van der Waals surface area contributed by atoms with Crippen LogP contribution >= 0.6 is 23.2 Å². The maximum atomic E-state index is 15.4. The van der Waals surface area contributed by atoms with Gasteiger partial charge in [0.2, 0.25) is 11.8 Å². The second kappa shape index (κ2) is 8.01. The third kappa shape index (κ3) is 3.49. The Morgan fingerprint density at radius 3 is 2.59 bits per heavy atom. The van der Waals surface area contributed by atoms with Crippen molar-refractivity contribution in [3.05, 3.63) is 63.4 Å². The molecule has 2 aromatic carbocycles. The number of amides is 2. The molecule has 2 aromatic rings. The number of rotatable bonds is 3. The molecule has 0 radical (unpaired) electrons. The van der Waals surface area contributed by atoms with Crippen LogP contribution in [0.25, 0.3) is 0 Å². The molecule has 5 nitrogen and oxygen atoms in total. The number of hydrogen-bond donors (Lipinski definition) is 3. The van der Waals surface area contributed by atoms with E-state index in [4.69, 9.17) is 23.2 Å². The molecule has 1 fully saturated rings. The molecule has 0 bridgehead atoms. The van der Waals surface area contributed by atoms with Gasteiger partial charge in [0.25, 0.3) is 0 Å². The number of hydrogen-bond acceptors (Lipinski definition) is 3. The van der Waals surface area contributed by atoms with Gasteiger partial charge in [-0.15, -0.1) is 0 Å². The normalized spacial score (nSPS) is 26.8. The van der Waals surface area contributed by atoms with Gasteiger partial charge >= 0.3 is 0 Å². The van der Waals surface area contributed by atoms with E-state index in [1.54, 1.807) is 30.3 Å². The van der Waals surface area contributed by atoms with E-state index >= 15 is 4.39 Å². The summed E-state index contributed by atoms with van der Waals surface area (Å²) in [6.45, 7) is 6.21. The van der Waals surface area contributed by atoms with E-state index in [-0.39, 0.29) is 27.8 Å². The molecule has 2 heterocycles. The predicted molar refractivity (Wildman–Crippen MR) is 125 cm³/mol. The van der Waals surface area contributed by atoms with Crippen LogP contribution in [0.3, 0.4) is 0 Å². The van der Waals surface area contributed by atoms with Crippen molar-refractivity contribution in [3.63, 3.8) is 0 Å². The van der Waals surface area contributed by atoms with E-state index in [1.165, 1.54) is 13.1 Å². The summed E-state index contributed by atoms with van der Waals surface area (Å²) >= 11 is 12.3. The van der Waals surface area contributed by atoms with Gasteiger partial charge < -0.3 is 16.0 Å². The topological polar surface area (TPSA) is 70.2 Å². The summed E-state index contributed by atoms with van der Waals surface area (Å²) in [5, 5.41) is 9.44. The third-order valence-corrected chi connectivity index (χ3v) is 6.99. The lowest BCUT2D eigenvalue weighted by Gasteiger charge is -2.37. The maximum absolute atomic E-state index is 15.4. The second-order valence-electron chi connectivity index (χ2n) is 9.71. The highest BCUT2D eigenvalue weighted by atomic mass is 35.5. The number of fused-ring (bicyclic) bond motifs is 2. The molecule has 32 heavy (non-hydrogen) atoms. The Kier molecular flexibility index (Phi) is 5.76. The first kappa shape index (κ1) is 23.0. The van der Waals surface area contributed by atoms with Crippen molar-refractivity contribution in [2.75, 3.05) is 12.4 Å². The molecule has 1 saturated heterocycles. The first-order chi connectivity index (χ1) is 15.0. The van der Waals surface area contributed by atoms with Crippen LogP contribution in [-0.4, -0.2) is 30.9 Å². The van der Waals surface area contributed by atoms with Crippen molar-refractivity contribution in [3.8, 4) is 0 Å². The Labute approximate surface area is 197 Å². The third-order valence-electron chi connectivity index (χ3n) is 6.47. The summed E-state index contributed by atoms with van der Waals surface area (Å²) in [4.78, 5) is 26.9. The smallest absolute Gasteiger partial charge is 0.237 e. The molecule has 0 aliphatic carbocycles. The molecule has 2 amide bonds. The van der Waals surface area contributed by atoms with E-state index < -0.39 is 29.2 Å². The number of carbonyl (C=O) groups is 2. The first-order valence-electron chi connectivity index (χ1n) is 10.5. The number of likely N-dealkylation sites (N-methyl/N-ethyl adjacent to an activating group) is 1. The van der Waals surface area contributed by atoms with Gasteiger partial charge in [-0.05, 0) is 41.2 Å². The SMILES string of the molecule is CNC(=O)[C@@H]1N[C@H](CC(C)(C)C)[C@@]2(C(=O)Nc3cc(Cl)ccc32)[C@@H]1c1cccc(Cl)c1F. The van der Waals surface area contributed by atoms with E-state index in [1.807, 2.05) is 0 Å². The lowest BCUT2D eigenvalue weighted by molar-refractivity contribution is -0.123. The molecular weight excluding hydrogens is 452 g/mol. The molecular formula is C24H26Cl2FN3O2. The average Bonchev–Trinajstić information content (AvgIpc) is 3.18. The molecule has 170 valence electrons. The molecule has 8 heteroatoms. The fraction of sp³-hybridized carbons (Fsp3) is 0.417. The van der Waals surface area contributed by atoms with E-state index in [0.717, 1.165) is 0 Å². The summed E-state index contributed by atoms with van der Waals surface area (Å²) in [5.74, 6) is -2.05. The van der Waals surface area contributed by atoms with Crippen LogP contribution in [0.1, 0.15) is 44.2 Å². The second-order valence-corrected chi connectivity index (χ2v) is 10.6. The van der Waals surface area contributed by atoms with Crippen molar-refractivity contribution >= 4 is 40.7 Å². The van der Waals surface area contributed by atoms with Gasteiger partial charge in [0.1, 0.15) is 11.2 Å². The highest BCUT2D eigenvalue weighted by Crippen LogP contribution is 2.57. The molecule has 0 aromatic heterocycles. The summed E-state index contributed by atoms with van der Waals surface area (Å²) in [6, 6.07) is 8.64. The van der Waals surface area contributed by atoms with Gasteiger partial charge in [0.15, 0.2) is 0 Å². The molecule has 4 atom stereocenters. The quantitative estimate of drug-likeness (QED) is 0.603. The van der Waals surface area contributed by atoms with E-state index in [0.29, 0.717) is 22.7 Å². The van der Waals surface area contributed by atoms with Gasteiger partial charge in [0, 0.05) is 29.7 Å². The van der Waals surface area contributed by atoms with Gasteiger partial charge in [-0.25, -0.2) is 4.39 Å². The predicted octanol–water partition coefficient (Wildman–Crippen LogP) is 4.63. The number of halogens is 3. The minimum Gasteiger partial charge on any atom is -0.358 e. The number of carbonyl (C=O) groups excluding carboxylic acids is 2. The summed E-state index contributed by atoms with van der Waals surface area (Å²) < 4.78 is 15.4. The molecule has 0 unspecified atom stereocenters. The summed E-state index contributed by atoms with van der Waals surface area (Å²) in [5.41, 5.74) is 0.107. The zero-order valence-corrected chi connectivity index (χ0v) is 19.9. The number of benzene rings is 2. The maximum Gasteiger partial charge on any atom is 0.237 e. The average molecular weight is 478 g/mol. The summed E-state index contributed by atoms with van der Waals surface area (Å²) in [6.07, 6.45) is 0.578. The molecule has 2 aliphatic rings. The van der Waals surface area contributed by atoms with Crippen LogP contribution in [-0.2, 0) is 15.0 Å². The standard InChI is InChI=1S/C24H26Cl2FN3O2/c1-23(2,3)11-17-24(14-9-8-12(25)10-16(14)29-22(24)32)18(20(30-17)21(31)28-4)13-6-5-7-15(26)19(13)27/h5-10,17-18,20,30H,11H2,1-4H3,(H,28,31)(H,29,32)/t17-,18-,20-,24-/m1/s1. The Hall–Kier alpha value is -2.15. The molecule has 0 saturated carbocycles. The Bertz CT molecular complexity index is 1100. The fourth-order valence-electron chi connectivity index (χ4n) is 5.31. The van der Waals surface area contributed by atoms with Crippen molar-refractivity contribution in [2.24, 2.45) is 5.41 Å². The van der Waals surface area contributed by atoms with Crippen LogP contribution in [0.5, 0.6) is 0 Å². The number of nitrogens with one attached hydrogen (secondary N) is 3. The Morgan fingerprint density at radius 1 is 1.22 bits per heavy atom. The zero-order chi connectivity index (χ0) is 23.4. The van der Waals surface area contributed by atoms with Crippen LogP contribution in [0.15, 0.2) is 36.4 Å². The van der Waals surface area contributed by atoms with E-state index in [2.05, 4.69) is 36.7 Å². The minimum absolute atomic E-state index is 0.0534.